The van der Waals surface area contributed by atoms with E-state index in [0.29, 0.717) is 12.2 Å². The molecule has 0 aliphatic heterocycles. The standard InChI is InChI=1S/C20H24O3/c1-23-20-15-17(12-14-19(20)22)11-13-18(21)10-6-5-9-16-7-3-2-4-8-16/h2-5,7-9,12,14-15,18,21-22H,6,10-11,13H2,1H3/b9-5+. The predicted molar refractivity (Wildman–Crippen MR) is 93.7 cm³/mol. The van der Waals surface area contributed by atoms with Crippen LogP contribution in [0.1, 0.15) is 30.4 Å². The summed E-state index contributed by atoms with van der Waals surface area (Å²) in [6, 6.07) is 15.5. The van der Waals surface area contributed by atoms with E-state index in [1.54, 1.807) is 6.07 Å². The van der Waals surface area contributed by atoms with E-state index >= 15 is 0 Å². The van der Waals surface area contributed by atoms with Crippen molar-refractivity contribution in [2.45, 2.75) is 31.8 Å². The molecule has 1 unspecified atom stereocenters. The lowest BCUT2D eigenvalue weighted by atomic mass is 10.0. The number of phenols is 1. The van der Waals surface area contributed by atoms with E-state index in [4.69, 9.17) is 4.74 Å². The second-order valence-electron chi connectivity index (χ2n) is 5.59. The van der Waals surface area contributed by atoms with E-state index < -0.39 is 0 Å². The summed E-state index contributed by atoms with van der Waals surface area (Å²) in [5.74, 6) is 0.616. The maximum Gasteiger partial charge on any atom is 0.160 e. The Bertz CT molecular complexity index is 620. The van der Waals surface area contributed by atoms with Crippen LogP contribution in [0, 0.1) is 0 Å². The fourth-order valence-electron chi connectivity index (χ4n) is 2.43. The molecule has 23 heavy (non-hydrogen) atoms. The Morgan fingerprint density at radius 1 is 1.09 bits per heavy atom. The monoisotopic (exact) mass is 312 g/mol. The van der Waals surface area contributed by atoms with E-state index in [1.807, 2.05) is 30.3 Å². The van der Waals surface area contributed by atoms with Gasteiger partial charge in [-0.2, -0.15) is 0 Å². The van der Waals surface area contributed by atoms with Crippen molar-refractivity contribution in [1.82, 2.24) is 0 Å². The molecule has 2 N–H and O–H groups in total. The highest BCUT2D eigenvalue weighted by atomic mass is 16.5. The highest BCUT2D eigenvalue weighted by Gasteiger charge is 2.06. The van der Waals surface area contributed by atoms with Crippen LogP contribution >= 0.6 is 0 Å². The van der Waals surface area contributed by atoms with Gasteiger partial charge < -0.3 is 14.9 Å². The number of rotatable bonds is 8. The highest BCUT2D eigenvalue weighted by Crippen LogP contribution is 2.27. The van der Waals surface area contributed by atoms with Crippen molar-refractivity contribution < 1.29 is 14.9 Å². The predicted octanol–water partition coefficient (Wildman–Crippen LogP) is 4.19. The maximum absolute atomic E-state index is 10.1. The minimum Gasteiger partial charge on any atom is -0.504 e. The van der Waals surface area contributed by atoms with Gasteiger partial charge in [0.2, 0.25) is 0 Å². The van der Waals surface area contributed by atoms with Gasteiger partial charge in [-0.05, 0) is 48.9 Å². The molecule has 2 rings (SSSR count). The number of aliphatic hydroxyl groups is 1. The summed E-state index contributed by atoms with van der Waals surface area (Å²) in [6.07, 6.45) is 6.93. The second kappa shape index (κ2) is 9.01. The van der Waals surface area contributed by atoms with Crippen molar-refractivity contribution in [2.75, 3.05) is 7.11 Å². The lowest BCUT2D eigenvalue weighted by Crippen LogP contribution is -2.07. The first kappa shape index (κ1) is 17.1. The van der Waals surface area contributed by atoms with Gasteiger partial charge in [-0.3, -0.25) is 0 Å². The number of allylic oxidation sites excluding steroid dienone is 1. The van der Waals surface area contributed by atoms with Crippen LogP contribution in [-0.4, -0.2) is 23.4 Å². The van der Waals surface area contributed by atoms with Crippen LogP contribution in [0.15, 0.2) is 54.6 Å². The lowest BCUT2D eigenvalue weighted by molar-refractivity contribution is 0.156. The van der Waals surface area contributed by atoms with Crippen molar-refractivity contribution in [3.8, 4) is 11.5 Å². The topological polar surface area (TPSA) is 49.7 Å². The summed E-state index contributed by atoms with van der Waals surface area (Å²) in [6.45, 7) is 0. The molecule has 0 radical (unpaired) electrons. The molecular weight excluding hydrogens is 288 g/mol. The Hall–Kier alpha value is -2.26. The summed E-state index contributed by atoms with van der Waals surface area (Å²) in [4.78, 5) is 0. The number of methoxy groups -OCH3 is 1. The van der Waals surface area contributed by atoms with Crippen LogP contribution in [-0.2, 0) is 6.42 Å². The average Bonchev–Trinajstić information content (AvgIpc) is 2.59. The minimum absolute atomic E-state index is 0.142. The Morgan fingerprint density at radius 3 is 2.61 bits per heavy atom. The number of aliphatic hydroxyl groups excluding tert-OH is 1. The smallest absolute Gasteiger partial charge is 0.160 e. The third kappa shape index (κ3) is 5.80. The van der Waals surface area contributed by atoms with Crippen LogP contribution in [0.25, 0.3) is 6.08 Å². The van der Waals surface area contributed by atoms with Gasteiger partial charge in [0.05, 0.1) is 13.2 Å². The van der Waals surface area contributed by atoms with Crippen molar-refractivity contribution in [3.63, 3.8) is 0 Å². The Kier molecular flexibility index (Phi) is 6.70. The molecule has 0 fully saturated rings. The molecular formula is C20H24O3. The van der Waals surface area contributed by atoms with Gasteiger partial charge in [0.1, 0.15) is 0 Å². The number of hydrogen-bond acceptors (Lipinski definition) is 3. The second-order valence-corrected chi connectivity index (χ2v) is 5.59. The number of ether oxygens (including phenoxy) is 1. The first-order chi connectivity index (χ1) is 11.2. The molecule has 122 valence electrons. The third-order valence-electron chi connectivity index (χ3n) is 3.79. The zero-order valence-electron chi connectivity index (χ0n) is 13.5. The molecule has 0 aliphatic carbocycles. The van der Waals surface area contributed by atoms with E-state index in [2.05, 4.69) is 24.3 Å². The molecule has 0 spiro atoms. The van der Waals surface area contributed by atoms with Crippen LogP contribution in [0.2, 0.25) is 0 Å². The molecule has 0 saturated heterocycles. The fourth-order valence-corrected chi connectivity index (χ4v) is 2.43. The first-order valence-electron chi connectivity index (χ1n) is 7.94. The van der Waals surface area contributed by atoms with Crippen molar-refractivity contribution in [2.24, 2.45) is 0 Å². The summed E-state index contributed by atoms with van der Waals surface area (Å²) in [7, 11) is 1.53. The zero-order chi connectivity index (χ0) is 16.5. The highest BCUT2D eigenvalue weighted by molar-refractivity contribution is 5.48. The quantitative estimate of drug-likeness (QED) is 0.768. The molecule has 2 aromatic carbocycles. The van der Waals surface area contributed by atoms with E-state index in [0.717, 1.165) is 24.8 Å². The Balaban J connectivity index is 1.73. The van der Waals surface area contributed by atoms with Crippen molar-refractivity contribution in [3.05, 3.63) is 65.7 Å². The van der Waals surface area contributed by atoms with Crippen LogP contribution in [0.4, 0.5) is 0 Å². The van der Waals surface area contributed by atoms with Gasteiger partial charge in [-0.1, -0.05) is 48.6 Å². The summed E-state index contributed by atoms with van der Waals surface area (Å²) >= 11 is 0. The number of aryl methyl sites for hydroxylation is 1. The number of benzene rings is 2. The fraction of sp³-hybridized carbons (Fsp3) is 0.300. The summed E-state index contributed by atoms with van der Waals surface area (Å²) in [5, 5.41) is 19.6. The Labute approximate surface area is 137 Å². The Morgan fingerprint density at radius 2 is 1.87 bits per heavy atom. The summed E-state index contributed by atoms with van der Waals surface area (Å²) < 4.78 is 5.09. The largest absolute Gasteiger partial charge is 0.504 e. The van der Waals surface area contributed by atoms with E-state index in [-0.39, 0.29) is 11.9 Å². The summed E-state index contributed by atoms with van der Waals surface area (Å²) in [5.41, 5.74) is 2.23. The van der Waals surface area contributed by atoms with Gasteiger partial charge in [-0.25, -0.2) is 0 Å². The molecule has 0 heterocycles. The molecule has 3 heteroatoms. The minimum atomic E-state index is -0.324. The van der Waals surface area contributed by atoms with Gasteiger partial charge >= 0.3 is 0 Å². The van der Waals surface area contributed by atoms with Crippen LogP contribution < -0.4 is 4.74 Å². The van der Waals surface area contributed by atoms with E-state index in [1.165, 1.54) is 12.7 Å². The molecule has 2 aromatic rings. The molecule has 3 nitrogen and oxygen atoms in total. The molecule has 0 bridgehead atoms. The van der Waals surface area contributed by atoms with Crippen LogP contribution in [0.3, 0.4) is 0 Å². The van der Waals surface area contributed by atoms with Crippen molar-refractivity contribution in [1.29, 1.82) is 0 Å². The van der Waals surface area contributed by atoms with Gasteiger partial charge in [-0.15, -0.1) is 0 Å². The maximum atomic E-state index is 10.1. The van der Waals surface area contributed by atoms with Crippen molar-refractivity contribution >= 4 is 6.08 Å². The van der Waals surface area contributed by atoms with Gasteiger partial charge in [0, 0.05) is 0 Å². The normalized spacial score (nSPS) is 12.4. The number of hydrogen-bond donors (Lipinski definition) is 2. The SMILES string of the molecule is COc1cc(CCC(O)CC/C=C/c2ccccc2)ccc1O. The molecule has 1 atom stereocenters. The number of aromatic hydroxyl groups is 1. The molecule has 0 aliphatic rings. The molecule has 0 amide bonds. The zero-order valence-corrected chi connectivity index (χ0v) is 13.5. The number of phenolic OH excluding ortho intramolecular Hbond substituents is 1. The van der Waals surface area contributed by atoms with E-state index in [9.17, 15) is 10.2 Å². The molecule has 0 saturated carbocycles. The van der Waals surface area contributed by atoms with Gasteiger partial charge in [0.25, 0.3) is 0 Å². The lowest BCUT2D eigenvalue weighted by Gasteiger charge is -2.10. The van der Waals surface area contributed by atoms with Crippen LogP contribution in [0.5, 0.6) is 11.5 Å². The third-order valence-corrected chi connectivity index (χ3v) is 3.79. The molecule has 0 aromatic heterocycles. The first-order valence-corrected chi connectivity index (χ1v) is 7.94. The average molecular weight is 312 g/mol. The van der Waals surface area contributed by atoms with Gasteiger partial charge in [0.15, 0.2) is 11.5 Å².